The molecule has 0 radical (unpaired) electrons. The van der Waals surface area contributed by atoms with Gasteiger partial charge in [0.1, 0.15) is 0 Å². The maximum Gasteiger partial charge on any atom is 0.235 e. The molecule has 12 rings (SSSR count). The number of benzene rings is 8. The summed E-state index contributed by atoms with van der Waals surface area (Å²) < 4.78 is 4.80. The minimum absolute atomic E-state index is 0.622. The minimum atomic E-state index is -0.622. The highest BCUT2D eigenvalue weighted by molar-refractivity contribution is 6.23. The van der Waals surface area contributed by atoms with E-state index in [1.165, 1.54) is 44.0 Å². The third-order valence-corrected chi connectivity index (χ3v) is 12.0. The van der Waals surface area contributed by atoms with E-state index in [2.05, 4.69) is 215 Å². The molecule has 0 N–H and O–H groups in total. The van der Waals surface area contributed by atoms with Crippen molar-refractivity contribution >= 4 is 43.6 Å². The Balaban J connectivity index is 1.34. The predicted octanol–water partition coefficient (Wildman–Crippen LogP) is 12.7. The van der Waals surface area contributed by atoms with Crippen molar-refractivity contribution in [1.82, 2.24) is 19.1 Å². The molecular formula is C53H34N4. The Bertz CT molecular complexity index is 3290. The molecule has 57 heavy (non-hydrogen) atoms. The average Bonchev–Trinajstić information content (AvgIpc) is 3.92. The maximum atomic E-state index is 5.60. The topological polar surface area (TPSA) is 35.6 Å². The molecule has 4 heteroatoms. The van der Waals surface area contributed by atoms with Gasteiger partial charge in [-0.3, -0.25) is 4.57 Å². The Labute approximate surface area is 329 Å². The quantitative estimate of drug-likeness (QED) is 0.177. The Morgan fingerprint density at radius 2 is 1.02 bits per heavy atom. The lowest BCUT2D eigenvalue weighted by Gasteiger charge is -2.33. The van der Waals surface area contributed by atoms with Gasteiger partial charge in [-0.05, 0) is 47.0 Å². The molecule has 0 amide bonds. The molecule has 3 heterocycles. The van der Waals surface area contributed by atoms with Crippen LogP contribution in [-0.4, -0.2) is 19.1 Å². The summed E-state index contributed by atoms with van der Waals surface area (Å²) in [6.45, 7) is 0. The standard InChI is InChI=1S/C53H34N4/c1-5-19-35(20-6-1)49-40-28-14-17-31-44(40)54-52(55-49)57-50-42(33-34-46-47(50)41-29-15-18-32-45(41)56(46)38-25-11-4-12-26-38)48-51(57)39-27-13-16-30-43(39)53(48,36-21-7-2-8-22-36)37-23-9-3-10-24-37/h1-34H. The first-order valence-electron chi connectivity index (χ1n) is 19.5. The van der Waals surface area contributed by atoms with E-state index in [-0.39, 0.29) is 0 Å². The van der Waals surface area contributed by atoms with E-state index in [0.717, 1.165) is 50.1 Å². The third kappa shape index (κ3) is 4.38. The Morgan fingerprint density at radius 3 is 1.75 bits per heavy atom. The van der Waals surface area contributed by atoms with Crippen molar-refractivity contribution in [3.8, 4) is 34.2 Å². The summed E-state index contributed by atoms with van der Waals surface area (Å²) in [5.41, 5.74) is 14.0. The van der Waals surface area contributed by atoms with Gasteiger partial charge >= 0.3 is 0 Å². The van der Waals surface area contributed by atoms with Crippen LogP contribution in [0.5, 0.6) is 0 Å². The van der Waals surface area contributed by atoms with Crippen LogP contribution in [0.1, 0.15) is 22.3 Å². The minimum Gasteiger partial charge on any atom is -0.309 e. The maximum absolute atomic E-state index is 5.60. The van der Waals surface area contributed by atoms with Gasteiger partial charge in [-0.25, -0.2) is 9.97 Å². The molecule has 1 aliphatic carbocycles. The van der Waals surface area contributed by atoms with Crippen molar-refractivity contribution in [3.05, 3.63) is 229 Å². The molecule has 0 unspecified atom stereocenters. The van der Waals surface area contributed by atoms with Gasteiger partial charge in [-0.15, -0.1) is 0 Å². The van der Waals surface area contributed by atoms with Crippen LogP contribution in [0.3, 0.4) is 0 Å². The Hall–Kier alpha value is -7.56. The molecule has 0 bridgehead atoms. The zero-order chi connectivity index (χ0) is 37.5. The molecular weight excluding hydrogens is 693 g/mol. The van der Waals surface area contributed by atoms with Gasteiger partial charge in [0.15, 0.2) is 0 Å². The highest BCUT2D eigenvalue weighted by atomic mass is 15.2. The van der Waals surface area contributed by atoms with Crippen molar-refractivity contribution in [2.24, 2.45) is 0 Å². The Morgan fingerprint density at radius 1 is 0.421 bits per heavy atom. The average molecular weight is 727 g/mol. The number of aromatic nitrogens is 4. The van der Waals surface area contributed by atoms with Crippen LogP contribution in [0.4, 0.5) is 0 Å². The summed E-state index contributed by atoms with van der Waals surface area (Å²) in [6, 6.07) is 74.2. The second-order valence-electron chi connectivity index (χ2n) is 14.9. The number of nitrogens with zero attached hydrogens (tertiary/aromatic N) is 4. The van der Waals surface area contributed by atoms with E-state index in [1.54, 1.807) is 0 Å². The molecule has 3 aromatic heterocycles. The number of hydrogen-bond acceptors (Lipinski definition) is 2. The zero-order valence-corrected chi connectivity index (χ0v) is 30.9. The van der Waals surface area contributed by atoms with E-state index >= 15 is 0 Å². The van der Waals surface area contributed by atoms with Crippen molar-refractivity contribution in [1.29, 1.82) is 0 Å². The smallest absolute Gasteiger partial charge is 0.235 e. The summed E-state index contributed by atoms with van der Waals surface area (Å²) in [7, 11) is 0. The van der Waals surface area contributed by atoms with Crippen LogP contribution in [0.25, 0.3) is 77.8 Å². The fourth-order valence-corrected chi connectivity index (χ4v) is 9.79. The van der Waals surface area contributed by atoms with E-state index in [9.17, 15) is 0 Å². The van der Waals surface area contributed by atoms with Crippen LogP contribution >= 0.6 is 0 Å². The van der Waals surface area contributed by atoms with Crippen LogP contribution in [0.2, 0.25) is 0 Å². The lowest BCUT2D eigenvalue weighted by Crippen LogP contribution is -2.28. The van der Waals surface area contributed by atoms with E-state index in [1.807, 2.05) is 0 Å². The molecule has 0 saturated heterocycles. The molecule has 0 saturated carbocycles. The monoisotopic (exact) mass is 726 g/mol. The van der Waals surface area contributed by atoms with Crippen LogP contribution < -0.4 is 0 Å². The van der Waals surface area contributed by atoms with Crippen molar-refractivity contribution < 1.29 is 0 Å². The van der Waals surface area contributed by atoms with Crippen LogP contribution in [0.15, 0.2) is 206 Å². The number of fused-ring (bicyclic) bond motifs is 10. The second kappa shape index (κ2) is 12.2. The molecule has 0 atom stereocenters. The lowest BCUT2D eigenvalue weighted by molar-refractivity contribution is 0.775. The summed E-state index contributed by atoms with van der Waals surface area (Å²) >= 11 is 0. The highest BCUT2D eigenvalue weighted by Gasteiger charge is 2.50. The van der Waals surface area contributed by atoms with E-state index in [0.29, 0.717) is 5.95 Å². The SMILES string of the molecule is c1ccc(-c2nc(-n3c4c(c5ccc6c(c7ccccc7n6-c6ccccc6)c53)C(c3ccccc3)(c3ccccc3)c3ccccc3-4)nc3ccccc23)cc1. The van der Waals surface area contributed by atoms with Gasteiger partial charge < -0.3 is 4.57 Å². The fourth-order valence-electron chi connectivity index (χ4n) is 9.79. The van der Waals surface area contributed by atoms with Gasteiger partial charge in [-0.2, -0.15) is 0 Å². The summed E-state index contributed by atoms with van der Waals surface area (Å²) in [4.78, 5) is 11.1. The highest BCUT2D eigenvalue weighted by Crippen LogP contribution is 2.60. The summed E-state index contributed by atoms with van der Waals surface area (Å²) in [6.07, 6.45) is 0. The number of hydrogen-bond donors (Lipinski definition) is 0. The molecule has 0 spiro atoms. The van der Waals surface area contributed by atoms with Gasteiger partial charge in [0, 0.05) is 43.9 Å². The van der Waals surface area contributed by atoms with E-state index < -0.39 is 5.41 Å². The second-order valence-corrected chi connectivity index (χ2v) is 14.9. The first-order chi connectivity index (χ1) is 28.3. The third-order valence-electron chi connectivity index (χ3n) is 12.0. The molecule has 4 nitrogen and oxygen atoms in total. The predicted molar refractivity (Wildman–Crippen MR) is 233 cm³/mol. The fraction of sp³-hybridized carbons (Fsp3) is 0.0189. The van der Waals surface area contributed by atoms with Gasteiger partial charge in [0.2, 0.25) is 5.95 Å². The molecule has 0 aliphatic heterocycles. The van der Waals surface area contributed by atoms with Gasteiger partial charge in [0.05, 0.1) is 38.9 Å². The van der Waals surface area contributed by atoms with Crippen LogP contribution in [0, 0.1) is 0 Å². The molecule has 8 aromatic carbocycles. The normalized spacial score (nSPS) is 13.1. The van der Waals surface area contributed by atoms with Crippen molar-refractivity contribution in [2.45, 2.75) is 5.41 Å². The number of rotatable bonds is 5. The van der Waals surface area contributed by atoms with Crippen molar-refractivity contribution in [3.63, 3.8) is 0 Å². The lowest BCUT2D eigenvalue weighted by atomic mass is 9.67. The van der Waals surface area contributed by atoms with Crippen molar-refractivity contribution in [2.75, 3.05) is 0 Å². The molecule has 0 fully saturated rings. The number of para-hydroxylation sites is 3. The van der Waals surface area contributed by atoms with E-state index in [4.69, 9.17) is 9.97 Å². The Kier molecular flexibility index (Phi) is 6.81. The first-order valence-corrected chi connectivity index (χ1v) is 19.5. The summed E-state index contributed by atoms with van der Waals surface area (Å²) in [5, 5.41) is 4.55. The largest absolute Gasteiger partial charge is 0.309 e. The first kappa shape index (κ1) is 31.8. The molecule has 1 aliphatic rings. The van der Waals surface area contributed by atoms with Gasteiger partial charge in [-0.1, -0.05) is 176 Å². The molecule has 266 valence electrons. The molecule has 11 aromatic rings. The van der Waals surface area contributed by atoms with Crippen LogP contribution in [-0.2, 0) is 5.41 Å². The zero-order valence-electron chi connectivity index (χ0n) is 30.9. The van der Waals surface area contributed by atoms with Gasteiger partial charge in [0.25, 0.3) is 0 Å². The summed E-state index contributed by atoms with van der Waals surface area (Å²) in [5.74, 6) is 0.648.